The van der Waals surface area contributed by atoms with E-state index < -0.39 is 0 Å². The van der Waals surface area contributed by atoms with Crippen LogP contribution in [0.2, 0.25) is 0 Å². The van der Waals surface area contributed by atoms with Crippen LogP contribution in [0.3, 0.4) is 0 Å². The molecule has 1 saturated heterocycles. The predicted molar refractivity (Wildman–Crippen MR) is 148 cm³/mol. The van der Waals surface area contributed by atoms with Crippen molar-refractivity contribution in [1.29, 1.82) is 0 Å². The third-order valence-electron chi connectivity index (χ3n) is 7.76. The lowest BCUT2D eigenvalue weighted by molar-refractivity contribution is -0.192. The Kier molecular flexibility index (Phi) is 12.3. The molecule has 0 aromatic rings. The largest absolute Gasteiger partial charge is 0.466 e. The molecular weight excluding hydrogens is 464 g/mol. The highest BCUT2D eigenvalue weighted by Crippen LogP contribution is 2.49. The van der Waals surface area contributed by atoms with Crippen molar-refractivity contribution in [1.82, 2.24) is 0 Å². The number of carbonyl (C=O) groups is 2. The Hall–Kier alpha value is -1.98. The molecule has 1 aliphatic heterocycles. The Bertz CT molecular complexity index is 856. The number of allylic oxidation sites excluding steroid dienone is 7. The maximum Gasteiger partial charge on any atom is 0.306 e. The Labute approximate surface area is 224 Å². The minimum Gasteiger partial charge on any atom is -0.466 e. The first-order chi connectivity index (χ1) is 17.9. The molecular formula is C32H48O5. The number of esters is 1. The second-order valence-corrected chi connectivity index (χ2v) is 11.3. The van der Waals surface area contributed by atoms with Crippen LogP contribution in [0, 0.1) is 23.7 Å². The quantitative estimate of drug-likeness (QED) is 0.139. The molecule has 206 valence electrons. The van der Waals surface area contributed by atoms with Gasteiger partial charge in [0.1, 0.15) is 0 Å². The molecule has 2 aliphatic carbocycles. The summed E-state index contributed by atoms with van der Waals surface area (Å²) in [5.74, 6) is 1.55. The molecule has 1 saturated carbocycles. The number of hydrogen-bond acceptors (Lipinski definition) is 5. The number of ketones is 1. The first-order valence-electron chi connectivity index (χ1n) is 14.5. The van der Waals surface area contributed by atoms with E-state index in [1.54, 1.807) is 0 Å². The molecule has 3 rings (SSSR count). The Balaban J connectivity index is 1.58. The minimum atomic E-state index is -0.143. The molecule has 6 atom stereocenters. The lowest BCUT2D eigenvalue weighted by Gasteiger charge is -2.29. The van der Waals surface area contributed by atoms with Gasteiger partial charge in [0.05, 0.1) is 12.7 Å². The van der Waals surface area contributed by atoms with E-state index in [-0.39, 0.29) is 30.1 Å². The first-order valence-corrected chi connectivity index (χ1v) is 14.5. The molecule has 0 amide bonds. The van der Waals surface area contributed by atoms with Gasteiger partial charge in [0.25, 0.3) is 0 Å². The average molecular weight is 513 g/mol. The summed E-state index contributed by atoms with van der Waals surface area (Å²) < 4.78 is 17.4. The van der Waals surface area contributed by atoms with Crippen molar-refractivity contribution >= 4 is 11.8 Å². The van der Waals surface area contributed by atoms with Crippen molar-refractivity contribution in [3.05, 3.63) is 47.6 Å². The van der Waals surface area contributed by atoms with Crippen molar-refractivity contribution < 1.29 is 23.8 Å². The normalized spacial score (nSPS) is 28.3. The fourth-order valence-electron chi connectivity index (χ4n) is 5.86. The van der Waals surface area contributed by atoms with Gasteiger partial charge in [-0.05, 0) is 96.0 Å². The molecule has 1 unspecified atom stereocenters. The van der Waals surface area contributed by atoms with E-state index in [0.29, 0.717) is 43.6 Å². The zero-order valence-corrected chi connectivity index (χ0v) is 23.5. The molecule has 0 bridgehead atoms. The summed E-state index contributed by atoms with van der Waals surface area (Å²) >= 11 is 0. The van der Waals surface area contributed by atoms with E-state index in [4.69, 9.17) is 14.2 Å². The SMILES string of the molecule is CCOC(=O)CCC=CC1=C[C@H]2C[C@@H](OC3CCCCO3)[C@@H](/C=C\C(=O)C[C@H](C)CCC=C(C)C)[C@H]2C1. The highest BCUT2D eigenvalue weighted by molar-refractivity contribution is 5.89. The van der Waals surface area contributed by atoms with E-state index in [1.165, 1.54) is 11.1 Å². The van der Waals surface area contributed by atoms with E-state index in [2.05, 4.69) is 51.2 Å². The number of fused-ring (bicyclic) bond motifs is 1. The van der Waals surface area contributed by atoms with Gasteiger partial charge in [0.15, 0.2) is 12.1 Å². The lowest BCUT2D eigenvalue weighted by Crippen LogP contribution is -2.30. The Morgan fingerprint density at radius 2 is 2.05 bits per heavy atom. The minimum absolute atomic E-state index is 0.0860. The van der Waals surface area contributed by atoms with Crippen molar-refractivity contribution in [2.45, 2.75) is 104 Å². The molecule has 0 spiro atoms. The summed E-state index contributed by atoms with van der Waals surface area (Å²) in [4.78, 5) is 24.4. The van der Waals surface area contributed by atoms with Crippen molar-refractivity contribution in [2.24, 2.45) is 23.7 Å². The van der Waals surface area contributed by atoms with E-state index in [1.807, 2.05) is 13.0 Å². The summed E-state index contributed by atoms with van der Waals surface area (Å²) in [5, 5.41) is 0. The second kappa shape index (κ2) is 15.4. The summed E-state index contributed by atoms with van der Waals surface area (Å²) in [6, 6.07) is 0. The van der Waals surface area contributed by atoms with Crippen LogP contribution >= 0.6 is 0 Å². The Morgan fingerprint density at radius 3 is 2.78 bits per heavy atom. The lowest BCUT2D eigenvalue weighted by atomic mass is 9.88. The second-order valence-electron chi connectivity index (χ2n) is 11.3. The van der Waals surface area contributed by atoms with Gasteiger partial charge in [-0.2, -0.15) is 0 Å². The molecule has 0 N–H and O–H groups in total. The van der Waals surface area contributed by atoms with E-state index in [9.17, 15) is 9.59 Å². The highest BCUT2D eigenvalue weighted by Gasteiger charge is 2.45. The molecule has 0 aromatic heterocycles. The van der Waals surface area contributed by atoms with Crippen LogP contribution in [0.25, 0.3) is 0 Å². The molecule has 2 fully saturated rings. The zero-order chi connectivity index (χ0) is 26.6. The molecule has 0 radical (unpaired) electrons. The number of hydrogen-bond donors (Lipinski definition) is 0. The zero-order valence-electron chi connectivity index (χ0n) is 23.5. The fourth-order valence-corrected chi connectivity index (χ4v) is 5.86. The third-order valence-corrected chi connectivity index (χ3v) is 7.76. The standard InChI is InChI=1S/C32H48O5/c1-5-35-31(34)14-7-6-13-25-20-26-22-30(37-32-15-8-9-18-36-32)28(29(26)21-25)17-16-27(33)19-24(4)12-10-11-23(2)3/h6,11,13,16-17,20,24,26,28-30,32H,5,7-10,12,14-15,18-19,21-22H2,1-4H3/b13-6?,17-16-/t24-,26+,28+,29+,30-,32?/m1/s1. The van der Waals surface area contributed by atoms with Crippen LogP contribution in [-0.4, -0.2) is 37.4 Å². The van der Waals surface area contributed by atoms with Crippen molar-refractivity contribution in [3.63, 3.8) is 0 Å². The molecule has 1 heterocycles. The van der Waals surface area contributed by atoms with Gasteiger partial charge in [0, 0.05) is 25.4 Å². The van der Waals surface area contributed by atoms with E-state index in [0.717, 1.165) is 51.6 Å². The van der Waals surface area contributed by atoms with Gasteiger partial charge in [-0.3, -0.25) is 9.59 Å². The van der Waals surface area contributed by atoms with Crippen LogP contribution in [0.5, 0.6) is 0 Å². The van der Waals surface area contributed by atoms with Gasteiger partial charge in [-0.25, -0.2) is 0 Å². The maximum absolute atomic E-state index is 12.8. The average Bonchev–Trinajstić information content (AvgIpc) is 3.38. The number of rotatable bonds is 14. The molecule has 5 heteroatoms. The summed E-state index contributed by atoms with van der Waals surface area (Å²) in [6.07, 6.45) is 21.7. The fraction of sp³-hybridized carbons (Fsp3) is 0.688. The number of carbonyl (C=O) groups excluding carboxylic acids is 2. The topological polar surface area (TPSA) is 61.8 Å². The van der Waals surface area contributed by atoms with Crippen LogP contribution < -0.4 is 0 Å². The first kappa shape index (κ1) is 29.6. The van der Waals surface area contributed by atoms with Gasteiger partial charge in [-0.15, -0.1) is 0 Å². The van der Waals surface area contributed by atoms with Crippen molar-refractivity contribution in [2.75, 3.05) is 13.2 Å². The predicted octanol–water partition coefficient (Wildman–Crippen LogP) is 7.28. The van der Waals surface area contributed by atoms with Crippen LogP contribution in [0.4, 0.5) is 0 Å². The van der Waals surface area contributed by atoms with Gasteiger partial charge in [-0.1, -0.05) is 48.5 Å². The summed E-state index contributed by atoms with van der Waals surface area (Å²) in [5.41, 5.74) is 2.66. The van der Waals surface area contributed by atoms with Crippen molar-refractivity contribution in [3.8, 4) is 0 Å². The van der Waals surface area contributed by atoms with E-state index >= 15 is 0 Å². The maximum atomic E-state index is 12.8. The van der Waals surface area contributed by atoms with Crippen LogP contribution in [-0.2, 0) is 23.8 Å². The summed E-state index contributed by atoms with van der Waals surface area (Å²) in [6.45, 7) is 9.44. The van der Waals surface area contributed by atoms with Crippen LogP contribution in [0.1, 0.15) is 91.9 Å². The van der Waals surface area contributed by atoms with Gasteiger partial charge >= 0.3 is 5.97 Å². The summed E-state index contributed by atoms with van der Waals surface area (Å²) in [7, 11) is 0. The van der Waals surface area contributed by atoms with Gasteiger partial charge in [0.2, 0.25) is 0 Å². The number of ether oxygens (including phenoxy) is 3. The highest BCUT2D eigenvalue weighted by atomic mass is 16.7. The Morgan fingerprint density at radius 1 is 1.22 bits per heavy atom. The molecule has 5 nitrogen and oxygen atoms in total. The smallest absolute Gasteiger partial charge is 0.306 e. The molecule has 0 aromatic carbocycles. The molecule has 3 aliphatic rings. The monoisotopic (exact) mass is 512 g/mol. The third kappa shape index (κ3) is 10.0. The van der Waals surface area contributed by atoms with Crippen LogP contribution in [0.15, 0.2) is 47.6 Å². The molecule has 37 heavy (non-hydrogen) atoms. The van der Waals surface area contributed by atoms with Gasteiger partial charge < -0.3 is 14.2 Å².